The van der Waals surface area contributed by atoms with E-state index in [-0.39, 0.29) is 11.9 Å². The van der Waals surface area contributed by atoms with E-state index in [0.29, 0.717) is 23.1 Å². The van der Waals surface area contributed by atoms with Crippen molar-refractivity contribution < 1.29 is 9.32 Å². The average Bonchev–Trinajstić information content (AvgIpc) is 3.06. The molecule has 3 fully saturated rings. The van der Waals surface area contributed by atoms with Gasteiger partial charge in [0.25, 0.3) is 11.6 Å². The van der Waals surface area contributed by atoms with Gasteiger partial charge in [0.2, 0.25) is 0 Å². The first-order valence-electron chi connectivity index (χ1n) is 9.68. The van der Waals surface area contributed by atoms with Gasteiger partial charge in [0, 0.05) is 17.7 Å². The minimum Gasteiger partial charge on any atom is -0.349 e. The summed E-state index contributed by atoms with van der Waals surface area (Å²) < 4.78 is 5.36. The summed E-state index contributed by atoms with van der Waals surface area (Å²) in [6.45, 7) is 4.05. The maximum atomic E-state index is 13.1. The molecule has 4 atom stereocenters. The predicted molar refractivity (Wildman–Crippen MR) is 94.4 cm³/mol. The lowest BCUT2D eigenvalue weighted by Crippen LogP contribution is -2.40. The number of hydrogen-bond donors (Lipinski definition) is 1. The summed E-state index contributed by atoms with van der Waals surface area (Å²) in [4.78, 5) is 17.6. The Labute approximate surface area is 147 Å². The van der Waals surface area contributed by atoms with Crippen molar-refractivity contribution in [1.82, 2.24) is 15.5 Å². The molecule has 0 aromatic carbocycles. The topological polar surface area (TPSA) is 68.0 Å². The highest BCUT2D eigenvalue weighted by Gasteiger charge is 2.42. The number of nitrogens with one attached hydrogen (secondary N) is 1. The van der Waals surface area contributed by atoms with E-state index in [1.807, 2.05) is 13.0 Å². The van der Waals surface area contributed by atoms with Crippen LogP contribution in [0.2, 0.25) is 0 Å². The van der Waals surface area contributed by atoms with Gasteiger partial charge in [-0.1, -0.05) is 11.6 Å². The van der Waals surface area contributed by atoms with Gasteiger partial charge in [-0.2, -0.15) is 0 Å². The number of hydrogen-bond acceptors (Lipinski definition) is 4. The van der Waals surface area contributed by atoms with Gasteiger partial charge >= 0.3 is 0 Å². The van der Waals surface area contributed by atoms with Crippen LogP contribution in [0.5, 0.6) is 0 Å². The van der Waals surface area contributed by atoms with Gasteiger partial charge in [0.1, 0.15) is 0 Å². The molecule has 0 saturated heterocycles. The van der Waals surface area contributed by atoms with Crippen molar-refractivity contribution in [3.8, 4) is 0 Å². The SMILES string of the molecule is Cc1noc2nc(C3CC3)cc(C(=O)N[C@@H](C)[C@@H]3C[C@H]4CC[C@H]3C4)c12. The summed E-state index contributed by atoms with van der Waals surface area (Å²) in [5.41, 5.74) is 2.89. The Bertz CT molecular complexity index is 839. The molecule has 3 saturated carbocycles. The molecular formula is C20H25N3O2. The van der Waals surface area contributed by atoms with E-state index in [2.05, 4.69) is 22.4 Å². The van der Waals surface area contributed by atoms with Crippen molar-refractivity contribution in [3.63, 3.8) is 0 Å². The van der Waals surface area contributed by atoms with Gasteiger partial charge in [0.15, 0.2) is 0 Å². The molecule has 1 N–H and O–H groups in total. The molecule has 0 spiro atoms. The van der Waals surface area contributed by atoms with Crippen molar-refractivity contribution in [2.24, 2.45) is 17.8 Å². The number of aryl methyl sites for hydroxylation is 1. The number of rotatable bonds is 4. The molecule has 132 valence electrons. The fraction of sp³-hybridized carbons (Fsp3) is 0.650. The molecule has 0 radical (unpaired) electrons. The van der Waals surface area contributed by atoms with Crippen LogP contribution in [0.25, 0.3) is 11.1 Å². The van der Waals surface area contributed by atoms with Crippen LogP contribution in [0.3, 0.4) is 0 Å². The van der Waals surface area contributed by atoms with Crippen LogP contribution in [0.15, 0.2) is 10.6 Å². The third-order valence-electron chi connectivity index (χ3n) is 6.67. The molecule has 2 aromatic rings. The molecule has 3 aliphatic carbocycles. The van der Waals surface area contributed by atoms with E-state index in [9.17, 15) is 4.79 Å². The fourth-order valence-corrected chi connectivity index (χ4v) is 5.18. The molecule has 25 heavy (non-hydrogen) atoms. The molecule has 2 aromatic heterocycles. The molecule has 0 aliphatic heterocycles. The van der Waals surface area contributed by atoms with Crippen LogP contribution < -0.4 is 5.32 Å². The number of carbonyl (C=O) groups excluding carboxylic acids is 1. The van der Waals surface area contributed by atoms with Gasteiger partial charge in [-0.3, -0.25) is 4.79 Å². The van der Waals surface area contributed by atoms with E-state index in [1.165, 1.54) is 25.7 Å². The van der Waals surface area contributed by atoms with E-state index >= 15 is 0 Å². The van der Waals surface area contributed by atoms with Crippen LogP contribution in [-0.2, 0) is 0 Å². The Morgan fingerprint density at radius 3 is 2.80 bits per heavy atom. The fourth-order valence-electron chi connectivity index (χ4n) is 5.18. The molecule has 0 unspecified atom stereocenters. The molecular weight excluding hydrogens is 314 g/mol. The molecule has 5 heteroatoms. The number of pyridine rings is 1. The van der Waals surface area contributed by atoms with Crippen LogP contribution in [0.1, 0.15) is 73.1 Å². The minimum atomic E-state index is -0.00382. The van der Waals surface area contributed by atoms with Crippen molar-refractivity contribution in [1.29, 1.82) is 0 Å². The normalized spacial score (nSPS) is 29.3. The third kappa shape index (κ3) is 2.55. The van der Waals surface area contributed by atoms with E-state index in [4.69, 9.17) is 4.52 Å². The van der Waals surface area contributed by atoms with E-state index in [1.54, 1.807) is 0 Å². The molecule has 5 rings (SSSR count). The molecule has 2 heterocycles. The van der Waals surface area contributed by atoms with Crippen LogP contribution in [0.4, 0.5) is 0 Å². The number of carbonyl (C=O) groups is 1. The zero-order chi connectivity index (χ0) is 17.1. The summed E-state index contributed by atoms with van der Waals surface area (Å²) in [5.74, 6) is 2.80. The highest BCUT2D eigenvalue weighted by atomic mass is 16.5. The summed E-state index contributed by atoms with van der Waals surface area (Å²) in [7, 11) is 0. The first-order chi connectivity index (χ1) is 12.1. The second-order valence-corrected chi connectivity index (χ2v) is 8.42. The summed E-state index contributed by atoms with van der Waals surface area (Å²) >= 11 is 0. The maximum absolute atomic E-state index is 13.1. The van der Waals surface area contributed by atoms with E-state index in [0.717, 1.165) is 41.5 Å². The lowest BCUT2D eigenvalue weighted by atomic mass is 9.84. The third-order valence-corrected chi connectivity index (χ3v) is 6.67. The van der Waals surface area contributed by atoms with E-state index < -0.39 is 0 Å². The summed E-state index contributed by atoms with van der Waals surface area (Å²) in [5, 5.41) is 8.08. The van der Waals surface area contributed by atoms with Crippen LogP contribution >= 0.6 is 0 Å². The van der Waals surface area contributed by atoms with Gasteiger partial charge < -0.3 is 9.84 Å². The maximum Gasteiger partial charge on any atom is 0.259 e. The predicted octanol–water partition coefficient (Wildman–Crippen LogP) is 3.96. The highest BCUT2D eigenvalue weighted by molar-refractivity contribution is 6.06. The van der Waals surface area contributed by atoms with Gasteiger partial charge in [0.05, 0.1) is 16.6 Å². The second kappa shape index (κ2) is 5.55. The van der Waals surface area contributed by atoms with Gasteiger partial charge in [-0.25, -0.2) is 4.98 Å². The van der Waals surface area contributed by atoms with Crippen LogP contribution in [0, 0.1) is 24.7 Å². The number of amides is 1. The smallest absolute Gasteiger partial charge is 0.259 e. The van der Waals surface area contributed by atoms with Gasteiger partial charge in [-0.15, -0.1) is 0 Å². The van der Waals surface area contributed by atoms with Crippen molar-refractivity contribution in [2.75, 3.05) is 0 Å². The number of fused-ring (bicyclic) bond motifs is 3. The molecule has 1 amide bonds. The number of aromatic nitrogens is 2. The molecule has 5 nitrogen and oxygen atoms in total. The Hall–Kier alpha value is -1.91. The summed E-state index contributed by atoms with van der Waals surface area (Å²) in [6.07, 6.45) is 7.66. The Morgan fingerprint density at radius 1 is 1.28 bits per heavy atom. The molecule has 2 bridgehead atoms. The largest absolute Gasteiger partial charge is 0.349 e. The zero-order valence-corrected chi connectivity index (χ0v) is 14.9. The average molecular weight is 339 g/mol. The monoisotopic (exact) mass is 339 g/mol. The minimum absolute atomic E-state index is 0.00382. The Morgan fingerprint density at radius 2 is 2.12 bits per heavy atom. The number of nitrogens with zero attached hydrogens (tertiary/aromatic N) is 2. The summed E-state index contributed by atoms with van der Waals surface area (Å²) in [6, 6.07) is 2.18. The quantitative estimate of drug-likeness (QED) is 0.915. The standard InChI is InChI=1S/C20H25N3O2/c1-10(15-8-12-3-4-14(15)7-12)21-19(24)16-9-17(13-5-6-13)22-20-18(16)11(2)23-25-20/h9-10,12-15H,3-8H2,1-2H3,(H,21,24)/t10-,12-,14-,15-/m0/s1. The van der Waals surface area contributed by atoms with Gasteiger partial charge in [-0.05, 0) is 69.8 Å². The zero-order valence-electron chi connectivity index (χ0n) is 14.9. The molecule has 3 aliphatic rings. The van der Waals surface area contributed by atoms with Crippen molar-refractivity contribution in [3.05, 3.63) is 23.0 Å². The second-order valence-electron chi connectivity index (χ2n) is 8.42. The first kappa shape index (κ1) is 15.4. The Balaban J connectivity index is 1.43. The van der Waals surface area contributed by atoms with Crippen molar-refractivity contribution in [2.45, 2.75) is 64.3 Å². The van der Waals surface area contributed by atoms with Crippen molar-refractivity contribution >= 4 is 17.0 Å². The lowest BCUT2D eigenvalue weighted by molar-refractivity contribution is 0.0916. The lowest BCUT2D eigenvalue weighted by Gasteiger charge is -2.28. The van der Waals surface area contributed by atoms with Crippen LogP contribution in [-0.4, -0.2) is 22.1 Å². The Kier molecular flexibility index (Phi) is 3.41. The highest BCUT2D eigenvalue weighted by Crippen LogP contribution is 2.49. The first-order valence-corrected chi connectivity index (χ1v) is 9.68.